The normalized spacial score (nSPS) is 11.5. The molecule has 0 aliphatic heterocycles. The van der Waals surface area contributed by atoms with Crippen LogP contribution in [0.3, 0.4) is 0 Å². The number of carbonyl (C=O) groups excluding carboxylic acids is 2. The fraction of sp³-hybridized carbons (Fsp3) is 0.286. The number of aryl methyl sites for hydroxylation is 1. The molecule has 7 nitrogen and oxygen atoms in total. The van der Waals surface area contributed by atoms with E-state index in [0.29, 0.717) is 25.3 Å². The largest absolute Gasteiger partial charge is 0.355 e. The number of rotatable bonds is 12. The lowest BCUT2D eigenvalue weighted by Crippen LogP contribution is -2.51. The van der Waals surface area contributed by atoms with Crippen LogP contribution in [0.5, 0.6) is 0 Å². The maximum Gasteiger partial charge on any atom is 0.269 e. The zero-order valence-corrected chi connectivity index (χ0v) is 21.4. The Hall–Kier alpha value is -3.65. The highest BCUT2D eigenvalue weighted by Crippen LogP contribution is 2.20. The predicted molar refractivity (Wildman–Crippen MR) is 144 cm³/mol. The number of hydrogen-bond donors (Lipinski definition) is 1. The van der Waals surface area contributed by atoms with Crippen molar-refractivity contribution in [3.05, 3.63) is 111 Å². The number of carbonyl (C=O) groups is 2. The molecule has 0 fully saturated rings. The molecule has 3 aromatic carbocycles. The first kappa shape index (κ1) is 26.9. The predicted octanol–water partition coefficient (Wildman–Crippen LogP) is 4.91. The van der Waals surface area contributed by atoms with Gasteiger partial charge >= 0.3 is 0 Å². The molecule has 0 aliphatic rings. The van der Waals surface area contributed by atoms with Crippen LogP contribution in [0.25, 0.3) is 0 Å². The molecule has 0 unspecified atom stereocenters. The molecule has 1 atom stereocenters. The van der Waals surface area contributed by atoms with E-state index in [1.54, 1.807) is 17.0 Å². The zero-order valence-electron chi connectivity index (χ0n) is 20.6. The second-order valence-electron chi connectivity index (χ2n) is 8.53. The second-order valence-corrected chi connectivity index (χ2v) is 9.51. The fourth-order valence-electron chi connectivity index (χ4n) is 3.91. The van der Waals surface area contributed by atoms with Gasteiger partial charge in [-0.1, -0.05) is 72.3 Å². The molecule has 0 bridgehead atoms. The second kappa shape index (κ2) is 13.4. The van der Waals surface area contributed by atoms with E-state index >= 15 is 0 Å². The Morgan fingerprint density at radius 1 is 0.972 bits per heavy atom. The van der Waals surface area contributed by atoms with Crippen LogP contribution >= 0.6 is 11.8 Å². The summed E-state index contributed by atoms with van der Waals surface area (Å²) in [7, 11) is 0. The average Bonchev–Trinajstić information content (AvgIpc) is 2.87. The minimum Gasteiger partial charge on any atom is -0.355 e. The van der Waals surface area contributed by atoms with Crippen LogP contribution in [-0.2, 0) is 28.3 Å². The summed E-state index contributed by atoms with van der Waals surface area (Å²) in [6.07, 6.45) is 0.414. The highest BCUT2D eigenvalue weighted by atomic mass is 32.2. The monoisotopic (exact) mass is 505 g/mol. The summed E-state index contributed by atoms with van der Waals surface area (Å²) >= 11 is 1.43. The number of nitrogens with one attached hydrogen (secondary N) is 1. The van der Waals surface area contributed by atoms with Crippen LogP contribution in [0.15, 0.2) is 78.9 Å². The van der Waals surface area contributed by atoms with Crippen molar-refractivity contribution in [3.63, 3.8) is 0 Å². The molecule has 2 amide bonds. The number of nitro benzene ring substituents is 1. The molecule has 0 radical (unpaired) electrons. The van der Waals surface area contributed by atoms with Crippen LogP contribution in [0.1, 0.15) is 29.2 Å². The average molecular weight is 506 g/mol. The minimum absolute atomic E-state index is 0.0369. The van der Waals surface area contributed by atoms with Crippen molar-refractivity contribution < 1.29 is 14.5 Å². The van der Waals surface area contributed by atoms with E-state index in [2.05, 4.69) is 5.32 Å². The van der Waals surface area contributed by atoms with E-state index in [0.717, 1.165) is 22.3 Å². The number of hydrogen-bond acceptors (Lipinski definition) is 5. The third-order valence-corrected chi connectivity index (χ3v) is 6.69. The first-order valence-electron chi connectivity index (χ1n) is 11.8. The van der Waals surface area contributed by atoms with Gasteiger partial charge in [0.15, 0.2) is 0 Å². The van der Waals surface area contributed by atoms with E-state index in [1.165, 1.54) is 23.9 Å². The van der Waals surface area contributed by atoms with Crippen molar-refractivity contribution in [2.45, 2.75) is 38.6 Å². The number of likely N-dealkylation sites (N-methyl/N-ethyl adjacent to an activating group) is 1. The Labute approximate surface area is 216 Å². The van der Waals surface area contributed by atoms with Gasteiger partial charge in [0.25, 0.3) is 5.69 Å². The molecular formula is C28H31N3O4S. The van der Waals surface area contributed by atoms with Gasteiger partial charge in [0.2, 0.25) is 11.8 Å². The van der Waals surface area contributed by atoms with E-state index in [-0.39, 0.29) is 23.3 Å². The third kappa shape index (κ3) is 7.95. The molecule has 36 heavy (non-hydrogen) atoms. The Morgan fingerprint density at radius 3 is 2.31 bits per heavy atom. The van der Waals surface area contributed by atoms with Crippen LogP contribution in [0, 0.1) is 17.0 Å². The topological polar surface area (TPSA) is 92.6 Å². The standard InChI is InChI=1S/C28H31N3O4S/c1-3-29-28(33)26(17-22-9-5-4-6-10-22)30(18-24-11-7-8-21(2)16-24)27(32)20-36-19-23-12-14-25(15-13-23)31(34)35/h4-16,26H,3,17-20H2,1-2H3,(H,29,33)/t26-/m1/s1. The molecule has 0 saturated heterocycles. The van der Waals surface area contributed by atoms with Crippen molar-refractivity contribution in [1.29, 1.82) is 0 Å². The van der Waals surface area contributed by atoms with Gasteiger partial charge in [0.05, 0.1) is 10.7 Å². The van der Waals surface area contributed by atoms with Gasteiger partial charge in [-0.2, -0.15) is 0 Å². The number of amides is 2. The Kier molecular flexibility index (Phi) is 10.1. The number of thioether (sulfide) groups is 1. The Morgan fingerprint density at radius 2 is 1.67 bits per heavy atom. The molecule has 0 heterocycles. The summed E-state index contributed by atoms with van der Waals surface area (Å²) in [6, 6.07) is 23.3. The maximum atomic E-state index is 13.5. The van der Waals surface area contributed by atoms with E-state index in [4.69, 9.17) is 0 Å². The quantitative estimate of drug-likeness (QED) is 0.279. The molecule has 0 aliphatic carbocycles. The van der Waals surface area contributed by atoms with Gasteiger partial charge in [-0.05, 0) is 30.5 Å². The summed E-state index contributed by atoms with van der Waals surface area (Å²) in [5.41, 5.74) is 3.97. The van der Waals surface area contributed by atoms with E-state index < -0.39 is 11.0 Å². The minimum atomic E-state index is -0.652. The van der Waals surface area contributed by atoms with Crippen LogP contribution < -0.4 is 5.32 Å². The molecule has 188 valence electrons. The molecule has 8 heteroatoms. The molecule has 3 aromatic rings. The first-order chi connectivity index (χ1) is 17.4. The lowest BCUT2D eigenvalue weighted by molar-refractivity contribution is -0.384. The summed E-state index contributed by atoms with van der Waals surface area (Å²) in [6.45, 7) is 4.67. The highest BCUT2D eigenvalue weighted by Gasteiger charge is 2.30. The van der Waals surface area contributed by atoms with Gasteiger partial charge in [0.1, 0.15) is 6.04 Å². The fourth-order valence-corrected chi connectivity index (χ4v) is 4.78. The third-order valence-electron chi connectivity index (χ3n) is 5.70. The van der Waals surface area contributed by atoms with Crippen LogP contribution in [-0.4, -0.2) is 40.0 Å². The van der Waals surface area contributed by atoms with Crippen molar-refractivity contribution in [3.8, 4) is 0 Å². The van der Waals surface area contributed by atoms with Crippen molar-refractivity contribution >= 4 is 29.3 Å². The van der Waals surface area contributed by atoms with Gasteiger partial charge < -0.3 is 10.2 Å². The van der Waals surface area contributed by atoms with Gasteiger partial charge in [0, 0.05) is 37.4 Å². The summed E-state index contributed by atoms with van der Waals surface area (Å²) in [5, 5.41) is 13.8. The molecule has 0 saturated carbocycles. The number of benzene rings is 3. The summed E-state index contributed by atoms with van der Waals surface area (Å²) in [5.74, 6) is 0.415. The van der Waals surface area contributed by atoms with Gasteiger partial charge in [-0.15, -0.1) is 11.8 Å². The van der Waals surface area contributed by atoms with Crippen molar-refractivity contribution in [2.75, 3.05) is 12.3 Å². The zero-order chi connectivity index (χ0) is 25.9. The molecule has 3 rings (SSSR count). The Balaban J connectivity index is 1.79. The van der Waals surface area contributed by atoms with Crippen molar-refractivity contribution in [1.82, 2.24) is 10.2 Å². The van der Waals surface area contributed by atoms with Crippen LogP contribution in [0.4, 0.5) is 5.69 Å². The first-order valence-corrected chi connectivity index (χ1v) is 13.0. The maximum absolute atomic E-state index is 13.5. The van der Waals surface area contributed by atoms with Crippen molar-refractivity contribution in [2.24, 2.45) is 0 Å². The van der Waals surface area contributed by atoms with Crippen LogP contribution in [0.2, 0.25) is 0 Å². The lowest BCUT2D eigenvalue weighted by Gasteiger charge is -2.31. The smallest absolute Gasteiger partial charge is 0.269 e. The highest BCUT2D eigenvalue weighted by molar-refractivity contribution is 7.99. The number of non-ortho nitro benzene ring substituents is 1. The number of nitro groups is 1. The SMILES string of the molecule is CCNC(=O)[C@@H](Cc1ccccc1)N(Cc1cccc(C)c1)C(=O)CSCc1ccc([N+](=O)[O-])cc1. The summed E-state index contributed by atoms with van der Waals surface area (Å²) < 4.78 is 0. The van der Waals surface area contributed by atoms with Gasteiger partial charge in [-0.25, -0.2) is 0 Å². The molecule has 0 aromatic heterocycles. The van der Waals surface area contributed by atoms with Gasteiger partial charge in [-0.3, -0.25) is 19.7 Å². The molecule has 0 spiro atoms. The van der Waals surface area contributed by atoms with E-state index in [1.807, 2.05) is 68.4 Å². The summed E-state index contributed by atoms with van der Waals surface area (Å²) in [4.78, 5) is 38.8. The molecule has 1 N–H and O–H groups in total. The Bertz CT molecular complexity index is 1170. The lowest BCUT2D eigenvalue weighted by atomic mass is 10.0. The van der Waals surface area contributed by atoms with E-state index in [9.17, 15) is 19.7 Å². The number of nitrogens with zero attached hydrogens (tertiary/aromatic N) is 2. The molecular weight excluding hydrogens is 474 g/mol.